The van der Waals surface area contributed by atoms with Crippen molar-refractivity contribution in [1.82, 2.24) is 15.0 Å². The first-order valence-electron chi connectivity index (χ1n) is 6.70. The summed E-state index contributed by atoms with van der Waals surface area (Å²) in [6.45, 7) is 0.399. The Labute approximate surface area is 127 Å². The van der Waals surface area contributed by atoms with Gasteiger partial charge in [-0.05, 0) is 18.2 Å². The number of nitrogens with zero attached hydrogens (tertiary/aromatic N) is 3. The summed E-state index contributed by atoms with van der Waals surface area (Å²) in [5.41, 5.74) is -1.28. The van der Waals surface area contributed by atoms with E-state index in [1.165, 1.54) is 4.90 Å². The zero-order valence-corrected chi connectivity index (χ0v) is 11.9. The summed E-state index contributed by atoms with van der Waals surface area (Å²) in [4.78, 5) is 17.0. The van der Waals surface area contributed by atoms with E-state index < -0.39 is 17.6 Å². The standard InChI is InChI=1S/C14H11F4N3O2/c1-21-6-7(4-11(21)22)13-19-12(20-23-13)9-3-2-8(5-10(9)15)14(16,17)18/h2-3,5,7H,4,6H2,1H3/t7-/m0/s1. The SMILES string of the molecule is CN1C[C@@H](c2nc(-c3ccc(C(F)(F)F)cc3F)no2)CC1=O. The molecule has 1 atom stereocenters. The van der Waals surface area contributed by atoms with Crippen LogP contribution >= 0.6 is 0 Å². The van der Waals surface area contributed by atoms with Crippen molar-refractivity contribution < 1.29 is 26.9 Å². The van der Waals surface area contributed by atoms with Gasteiger partial charge in [-0.3, -0.25) is 4.79 Å². The van der Waals surface area contributed by atoms with Crippen LogP contribution in [0.3, 0.4) is 0 Å². The molecular formula is C14H11F4N3O2. The molecule has 122 valence electrons. The first-order chi connectivity index (χ1) is 10.8. The van der Waals surface area contributed by atoms with Gasteiger partial charge in [0, 0.05) is 20.0 Å². The average molecular weight is 329 g/mol. The van der Waals surface area contributed by atoms with E-state index in [2.05, 4.69) is 10.1 Å². The van der Waals surface area contributed by atoms with E-state index in [0.717, 1.165) is 12.1 Å². The van der Waals surface area contributed by atoms with Crippen molar-refractivity contribution in [3.05, 3.63) is 35.5 Å². The van der Waals surface area contributed by atoms with Crippen LogP contribution in [0.25, 0.3) is 11.4 Å². The first-order valence-corrected chi connectivity index (χ1v) is 6.70. The molecule has 5 nitrogen and oxygen atoms in total. The maximum Gasteiger partial charge on any atom is 0.416 e. The Kier molecular flexibility index (Phi) is 3.57. The van der Waals surface area contributed by atoms with Gasteiger partial charge in [-0.15, -0.1) is 0 Å². The van der Waals surface area contributed by atoms with Gasteiger partial charge < -0.3 is 9.42 Å². The Hall–Kier alpha value is -2.45. The quantitative estimate of drug-likeness (QED) is 0.795. The molecule has 0 unspecified atom stereocenters. The van der Waals surface area contributed by atoms with Gasteiger partial charge in [0.2, 0.25) is 17.6 Å². The lowest BCUT2D eigenvalue weighted by Crippen LogP contribution is -2.18. The minimum atomic E-state index is -4.63. The molecular weight excluding hydrogens is 318 g/mol. The smallest absolute Gasteiger partial charge is 0.345 e. The topological polar surface area (TPSA) is 59.2 Å². The van der Waals surface area contributed by atoms with Gasteiger partial charge in [0.1, 0.15) is 5.82 Å². The van der Waals surface area contributed by atoms with Gasteiger partial charge in [-0.25, -0.2) is 4.39 Å². The minimum absolute atomic E-state index is 0.0736. The fourth-order valence-electron chi connectivity index (χ4n) is 2.41. The fraction of sp³-hybridized carbons (Fsp3) is 0.357. The molecule has 2 heterocycles. The third-order valence-corrected chi connectivity index (χ3v) is 3.67. The van der Waals surface area contributed by atoms with Gasteiger partial charge in [-0.1, -0.05) is 5.16 Å². The highest BCUT2D eigenvalue weighted by Gasteiger charge is 2.33. The number of likely N-dealkylation sites (tertiary alicyclic amines) is 1. The highest BCUT2D eigenvalue weighted by atomic mass is 19.4. The van der Waals surface area contributed by atoms with Crippen LogP contribution in [0, 0.1) is 5.82 Å². The second kappa shape index (κ2) is 5.32. The summed E-state index contributed by atoms with van der Waals surface area (Å²) in [7, 11) is 1.63. The zero-order chi connectivity index (χ0) is 16.8. The number of hydrogen-bond acceptors (Lipinski definition) is 4. The predicted octanol–water partition coefficient (Wildman–Crippen LogP) is 2.84. The highest BCUT2D eigenvalue weighted by molar-refractivity contribution is 5.79. The molecule has 9 heteroatoms. The van der Waals surface area contributed by atoms with Crippen LogP contribution in [-0.2, 0) is 11.0 Å². The average Bonchev–Trinajstić information content (AvgIpc) is 3.06. The molecule has 1 amide bonds. The van der Waals surface area contributed by atoms with Crippen LogP contribution in [0.4, 0.5) is 17.6 Å². The van der Waals surface area contributed by atoms with Crippen molar-refractivity contribution in [3.63, 3.8) is 0 Å². The summed E-state index contributed by atoms with van der Waals surface area (Å²) < 4.78 is 56.5. The highest BCUT2D eigenvalue weighted by Crippen LogP contribution is 2.33. The summed E-state index contributed by atoms with van der Waals surface area (Å²) in [5, 5.41) is 3.60. The van der Waals surface area contributed by atoms with Gasteiger partial charge in [-0.2, -0.15) is 18.2 Å². The molecule has 2 aromatic rings. The van der Waals surface area contributed by atoms with Crippen LogP contribution in [0.1, 0.15) is 23.8 Å². The number of carbonyl (C=O) groups excluding carboxylic acids is 1. The number of alkyl halides is 3. The molecule has 1 aromatic carbocycles. The van der Waals surface area contributed by atoms with Crippen LogP contribution in [0.5, 0.6) is 0 Å². The molecule has 0 saturated carbocycles. The Bertz CT molecular complexity index is 757. The maximum absolute atomic E-state index is 13.9. The molecule has 1 saturated heterocycles. The number of amides is 1. The summed E-state index contributed by atoms with van der Waals surface area (Å²) in [5.74, 6) is -1.45. The summed E-state index contributed by atoms with van der Waals surface area (Å²) in [6, 6.07) is 2.10. The third kappa shape index (κ3) is 2.90. The second-order valence-corrected chi connectivity index (χ2v) is 5.32. The molecule has 0 bridgehead atoms. The number of aromatic nitrogens is 2. The lowest BCUT2D eigenvalue weighted by atomic mass is 10.1. The van der Waals surface area contributed by atoms with E-state index in [4.69, 9.17) is 4.52 Å². The van der Waals surface area contributed by atoms with E-state index in [9.17, 15) is 22.4 Å². The van der Waals surface area contributed by atoms with E-state index >= 15 is 0 Å². The van der Waals surface area contributed by atoms with Gasteiger partial charge >= 0.3 is 6.18 Å². The van der Waals surface area contributed by atoms with Crippen molar-refractivity contribution in [2.45, 2.75) is 18.5 Å². The number of rotatable bonds is 2. The van der Waals surface area contributed by atoms with Crippen molar-refractivity contribution in [2.24, 2.45) is 0 Å². The number of likely N-dealkylation sites (N-methyl/N-ethyl adjacent to an activating group) is 1. The monoisotopic (exact) mass is 329 g/mol. The molecule has 23 heavy (non-hydrogen) atoms. The van der Waals surface area contributed by atoms with E-state index in [1.54, 1.807) is 7.05 Å². The Morgan fingerprint density at radius 3 is 2.65 bits per heavy atom. The minimum Gasteiger partial charge on any atom is -0.345 e. The van der Waals surface area contributed by atoms with Crippen LogP contribution in [0.2, 0.25) is 0 Å². The van der Waals surface area contributed by atoms with Crippen LogP contribution in [0.15, 0.2) is 22.7 Å². The maximum atomic E-state index is 13.9. The summed E-state index contributed by atoms with van der Waals surface area (Å²) in [6.07, 6.45) is -4.43. The Morgan fingerprint density at radius 2 is 2.09 bits per heavy atom. The van der Waals surface area contributed by atoms with Crippen LogP contribution < -0.4 is 0 Å². The fourth-order valence-corrected chi connectivity index (χ4v) is 2.41. The first kappa shape index (κ1) is 15.4. The number of hydrogen-bond donors (Lipinski definition) is 0. The van der Waals surface area contributed by atoms with Crippen molar-refractivity contribution >= 4 is 5.91 Å². The zero-order valence-electron chi connectivity index (χ0n) is 11.9. The molecule has 1 aromatic heterocycles. The number of halogens is 4. The Balaban J connectivity index is 1.88. The largest absolute Gasteiger partial charge is 0.416 e. The van der Waals surface area contributed by atoms with Gasteiger partial charge in [0.15, 0.2) is 0 Å². The van der Waals surface area contributed by atoms with E-state index in [1.807, 2.05) is 0 Å². The van der Waals surface area contributed by atoms with Gasteiger partial charge in [0.25, 0.3) is 0 Å². The predicted molar refractivity (Wildman–Crippen MR) is 69.7 cm³/mol. The van der Waals surface area contributed by atoms with E-state index in [0.29, 0.717) is 12.6 Å². The lowest BCUT2D eigenvalue weighted by molar-refractivity contribution is -0.137. The van der Waals surface area contributed by atoms with Crippen molar-refractivity contribution in [1.29, 1.82) is 0 Å². The molecule has 0 radical (unpaired) electrons. The molecule has 1 aliphatic rings. The molecule has 0 N–H and O–H groups in total. The second-order valence-electron chi connectivity index (χ2n) is 5.32. The Morgan fingerprint density at radius 1 is 1.35 bits per heavy atom. The molecule has 0 aliphatic carbocycles. The summed E-state index contributed by atoms with van der Waals surface area (Å²) >= 11 is 0. The molecule has 1 aliphatic heterocycles. The number of benzene rings is 1. The molecule has 3 rings (SSSR count). The van der Waals surface area contributed by atoms with Crippen molar-refractivity contribution in [3.8, 4) is 11.4 Å². The van der Waals surface area contributed by atoms with E-state index in [-0.39, 0.29) is 35.5 Å². The molecule has 0 spiro atoms. The lowest BCUT2D eigenvalue weighted by Gasteiger charge is -2.07. The third-order valence-electron chi connectivity index (χ3n) is 3.67. The van der Waals surface area contributed by atoms with Crippen LogP contribution in [-0.4, -0.2) is 34.5 Å². The van der Waals surface area contributed by atoms with Gasteiger partial charge in [0.05, 0.1) is 17.0 Å². The molecule has 1 fully saturated rings. The normalized spacial score (nSPS) is 18.7. The number of carbonyl (C=O) groups is 1. The van der Waals surface area contributed by atoms with Crippen molar-refractivity contribution in [2.75, 3.05) is 13.6 Å².